The summed E-state index contributed by atoms with van der Waals surface area (Å²) in [6, 6.07) is 0.934. The Kier molecular flexibility index (Phi) is 14.4. The smallest absolute Gasteiger partial charge is 0.468 e. The van der Waals surface area contributed by atoms with E-state index in [2.05, 4.69) is 19.4 Å². The van der Waals surface area contributed by atoms with Gasteiger partial charge in [-0.15, -0.1) is 3.71 Å². The van der Waals surface area contributed by atoms with Gasteiger partial charge in [0.25, 0.3) is 0 Å². The van der Waals surface area contributed by atoms with E-state index < -0.39 is 52.5 Å². The first-order chi connectivity index (χ1) is 20.9. The maximum absolute atomic E-state index is 12.5. The third-order valence-corrected chi connectivity index (χ3v) is 10.1. The van der Waals surface area contributed by atoms with E-state index in [1.54, 1.807) is 0 Å². The van der Waals surface area contributed by atoms with Gasteiger partial charge in [-0.3, -0.25) is 9.59 Å². The summed E-state index contributed by atoms with van der Waals surface area (Å²) in [5.41, 5.74) is -10.6. The molecular formula is C24H31ClF6N4O9S2. The molecule has 262 valence electrons. The molecule has 1 saturated heterocycles. The predicted molar refractivity (Wildman–Crippen MR) is 151 cm³/mol. The third-order valence-electron chi connectivity index (χ3n) is 6.27. The quantitative estimate of drug-likeness (QED) is 0.248. The first-order valence-electron chi connectivity index (χ1n) is 12.7. The Labute approximate surface area is 266 Å². The molecule has 0 aromatic carbocycles. The van der Waals surface area contributed by atoms with Crippen molar-refractivity contribution in [1.29, 1.82) is 0 Å². The van der Waals surface area contributed by atoms with Gasteiger partial charge in [-0.2, -0.15) is 43.2 Å². The fourth-order valence-corrected chi connectivity index (χ4v) is 6.46. The summed E-state index contributed by atoms with van der Waals surface area (Å²) in [6.07, 6.45) is 1.90. The summed E-state index contributed by atoms with van der Waals surface area (Å²) >= 11 is 5.30. The molecule has 1 aromatic rings. The molecule has 0 spiro atoms. The summed E-state index contributed by atoms with van der Waals surface area (Å²) < 4.78 is 127. The van der Waals surface area contributed by atoms with Crippen LogP contribution in [-0.2, 0) is 43.9 Å². The van der Waals surface area contributed by atoms with E-state index in [-0.39, 0.29) is 22.8 Å². The number of nitrogens with zero attached hydrogens (tertiary/aromatic N) is 4. The number of carbonyl (C=O) groups excluding carboxylic acids is 3. The second-order valence-corrected chi connectivity index (χ2v) is 13.9. The molecule has 0 N–H and O–H groups in total. The van der Waals surface area contributed by atoms with Crippen molar-refractivity contribution in [2.75, 3.05) is 58.2 Å². The van der Waals surface area contributed by atoms with E-state index in [9.17, 15) is 57.6 Å². The number of hydrogen-bond donors (Lipinski definition) is 0. The number of alkyl halides is 6. The van der Waals surface area contributed by atoms with Crippen LogP contribution >= 0.6 is 11.6 Å². The van der Waals surface area contributed by atoms with Gasteiger partial charge in [-0.25, -0.2) is 9.78 Å². The molecule has 22 heteroatoms. The Morgan fingerprint density at radius 3 is 1.89 bits per heavy atom. The van der Waals surface area contributed by atoms with E-state index in [4.69, 9.17) is 11.6 Å². The number of halogens is 7. The number of Topliss-reactive ketones (excluding diaryl/α,β-unsaturated/α-hetero) is 1. The van der Waals surface area contributed by atoms with Crippen LogP contribution < -0.4 is 3.71 Å². The molecule has 3 heterocycles. The number of aromatic nitrogens is 1. The van der Waals surface area contributed by atoms with Crippen LogP contribution in [-0.4, -0.2) is 115 Å². The Balaban J connectivity index is 0.000000373. The van der Waals surface area contributed by atoms with Crippen molar-refractivity contribution in [1.82, 2.24) is 14.8 Å². The number of methoxy groups -OCH3 is 2. The molecule has 46 heavy (non-hydrogen) atoms. The maximum Gasteiger partial charge on any atom is 0.517 e. The van der Waals surface area contributed by atoms with Crippen molar-refractivity contribution in [2.24, 2.45) is 5.92 Å². The Morgan fingerprint density at radius 1 is 0.935 bits per heavy atom. The molecule has 0 radical (unpaired) electrons. The highest BCUT2D eigenvalue weighted by Gasteiger charge is 2.62. The average Bonchev–Trinajstić information content (AvgIpc) is 2.95. The van der Waals surface area contributed by atoms with Crippen molar-refractivity contribution in [2.45, 2.75) is 30.8 Å². The minimum Gasteiger partial charge on any atom is -0.468 e. The highest BCUT2D eigenvalue weighted by Crippen LogP contribution is 2.38. The molecule has 0 aliphatic carbocycles. The molecular weight excluding hydrogens is 702 g/mol. The molecule has 1 atom stereocenters. The molecule has 0 amide bonds. The summed E-state index contributed by atoms with van der Waals surface area (Å²) in [5.74, 6) is -2.79. The number of likely N-dealkylation sites (N-methyl/N-ethyl adjacent to an activating group) is 1. The van der Waals surface area contributed by atoms with E-state index in [1.807, 2.05) is 25.9 Å². The first-order valence-corrected chi connectivity index (χ1v) is 16.0. The molecule has 1 fully saturated rings. The topological polar surface area (TPSA) is 161 Å². The monoisotopic (exact) mass is 732 g/mol. The third kappa shape index (κ3) is 10.5. The second kappa shape index (κ2) is 16.2. The zero-order chi connectivity index (χ0) is 35.8. The molecule has 2 aliphatic heterocycles. The number of esters is 2. The van der Waals surface area contributed by atoms with E-state index in [0.29, 0.717) is 25.2 Å². The highest BCUT2D eigenvalue weighted by molar-refractivity contribution is 8.11. The standard InChI is InChI=1S/C9H15NO2.C8H13NO3.C7H3ClF6N2O4S2/c1-7-4-5-10(2)6-8(7)9(11)12-3;1-9-4-3-7(10)6(5-9)8(11)12-2;8-4-1-2-5(15-3-4)16(21(17,18)6(9,10)11)22(19,20)7(12,13)14/h4-6H2,1-3H3;6H,3-5H2,1-2H3;1-3H. The fourth-order valence-electron chi connectivity index (χ4n) is 3.72. The van der Waals surface area contributed by atoms with Crippen molar-refractivity contribution in [3.05, 3.63) is 34.5 Å². The van der Waals surface area contributed by atoms with Crippen LogP contribution in [0.3, 0.4) is 0 Å². The molecule has 0 saturated carbocycles. The Morgan fingerprint density at radius 2 is 1.46 bits per heavy atom. The van der Waals surface area contributed by atoms with Crippen LogP contribution in [0.4, 0.5) is 32.2 Å². The number of piperidine rings is 1. The molecule has 0 bridgehead atoms. The number of ether oxygens (including phenoxy) is 2. The van der Waals surface area contributed by atoms with E-state index in [0.717, 1.165) is 31.6 Å². The van der Waals surface area contributed by atoms with Gasteiger partial charge >= 0.3 is 43.0 Å². The molecule has 1 aromatic heterocycles. The lowest BCUT2D eigenvalue weighted by molar-refractivity contribution is -0.151. The highest BCUT2D eigenvalue weighted by atomic mass is 35.5. The minimum atomic E-state index is -6.93. The summed E-state index contributed by atoms with van der Waals surface area (Å²) in [4.78, 5) is 40.4. The van der Waals surface area contributed by atoms with Gasteiger partial charge < -0.3 is 19.3 Å². The number of ketones is 1. The molecule has 3 rings (SSSR count). The van der Waals surface area contributed by atoms with Crippen molar-refractivity contribution in [3.63, 3.8) is 0 Å². The van der Waals surface area contributed by atoms with Crippen LogP contribution in [0.15, 0.2) is 29.5 Å². The number of anilines is 1. The largest absolute Gasteiger partial charge is 0.517 e. The summed E-state index contributed by atoms with van der Waals surface area (Å²) in [7, 11) is -7.21. The normalized spacial score (nSPS) is 18.4. The SMILES string of the molecule is COC(=O)C1=C(C)CCN(C)C1.COC(=O)C1CN(C)CCC1=O.O=S(=O)(N(c1ccc(Cl)cn1)S(=O)(=O)C(F)(F)F)C(F)(F)F. The average molecular weight is 733 g/mol. The van der Waals surface area contributed by atoms with Gasteiger partial charge in [0.2, 0.25) is 0 Å². The summed E-state index contributed by atoms with van der Waals surface area (Å²) in [5, 5.41) is -0.280. The predicted octanol–water partition coefficient (Wildman–Crippen LogP) is 2.73. The number of sulfonamides is 2. The molecule has 1 unspecified atom stereocenters. The number of carbonyl (C=O) groups is 3. The van der Waals surface area contributed by atoms with Gasteiger partial charge in [-0.05, 0) is 39.6 Å². The fraction of sp³-hybridized carbons (Fsp3) is 0.583. The van der Waals surface area contributed by atoms with E-state index >= 15 is 0 Å². The van der Waals surface area contributed by atoms with Crippen LogP contribution in [0.2, 0.25) is 5.02 Å². The Hall–Kier alpha value is -3.01. The first kappa shape index (κ1) is 41.0. The number of hydrogen-bond acceptors (Lipinski definition) is 12. The van der Waals surface area contributed by atoms with Crippen LogP contribution in [0.1, 0.15) is 19.8 Å². The van der Waals surface area contributed by atoms with Gasteiger partial charge in [0.05, 0.1) is 24.8 Å². The zero-order valence-electron chi connectivity index (χ0n) is 25.0. The zero-order valence-corrected chi connectivity index (χ0v) is 27.4. The summed E-state index contributed by atoms with van der Waals surface area (Å²) in [6.45, 7) is 4.99. The number of likely N-dealkylation sites (tertiary alicyclic amines) is 1. The number of rotatable bonds is 5. The van der Waals surface area contributed by atoms with Crippen molar-refractivity contribution < 1.29 is 67.0 Å². The van der Waals surface area contributed by atoms with E-state index in [1.165, 1.54) is 19.8 Å². The second-order valence-electron chi connectivity index (χ2n) is 9.73. The Bertz CT molecular complexity index is 1450. The van der Waals surface area contributed by atoms with Crippen LogP contribution in [0, 0.1) is 5.92 Å². The van der Waals surface area contributed by atoms with Crippen LogP contribution in [0.25, 0.3) is 0 Å². The maximum atomic E-state index is 12.5. The lowest BCUT2D eigenvalue weighted by Gasteiger charge is -2.26. The van der Waals surface area contributed by atoms with Gasteiger partial charge in [0.1, 0.15) is 11.7 Å². The number of pyridine rings is 1. The lowest BCUT2D eigenvalue weighted by atomic mass is 9.97. The molecule has 2 aliphatic rings. The van der Waals surface area contributed by atoms with Gasteiger partial charge in [0.15, 0.2) is 5.82 Å². The van der Waals surface area contributed by atoms with Gasteiger partial charge in [0, 0.05) is 38.8 Å². The minimum absolute atomic E-state index is 0.0000463. The van der Waals surface area contributed by atoms with Crippen molar-refractivity contribution >= 4 is 55.2 Å². The van der Waals surface area contributed by atoms with Crippen molar-refractivity contribution in [3.8, 4) is 0 Å². The lowest BCUT2D eigenvalue weighted by Crippen LogP contribution is -2.49. The van der Waals surface area contributed by atoms with Crippen LogP contribution in [0.5, 0.6) is 0 Å². The molecule has 13 nitrogen and oxygen atoms in total. The van der Waals surface area contributed by atoms with Gasteiger partial charge in [-0.1, -0.05) is 17.2 Å².